The fourth-order valence-electron chi connectivity index (χ4n) is 1.75. The van der Waals surface area contributed by atoms with Gasteiger partial charge in [0.2, 0.25) is 0 Å². The van der Waals surface area contributed by atoms with Gasteiger partial charge in [-0.05, 0) is 50.8 Å². The predicted octanol–water partition coefficient (Wildman–Crippen LogP) is 3.78. The Bertz CT molecular complexity index is 382. The molecule has 100 valence electrons. The Kier molecular flexibility index (Phi) is 5.26. The largest absolute Gasteiger partial charge is 0.493 e. The second kappa shape index (κ2) is 6.95. The summed E-state index contributed by atoms with van der Waals surface area (Å²) in [7, 11) is 0. The summed E-state index contributed by atoms with van der Waals surface area (Å²) in [5.41, 5.74) is 0. The molecule has 0 amide bonds. The van der Waals surface area contributed by atoms with Crippen LogP contribution in [-0.4, -0.2) is 19.2 Å². The molecule has 1 aromatic rings. The van der Waals surface area contributed by atoms with Gasteiger partial charge in [0.05, 0.1) is 11.6 Å². The highest BCUT2D eigenvalue weighted by Crippen LogP contribution is 2.20. The third-order valence-corrected chi connectivity index (χ3v) is 3.30. The van der Waals surface area contributed by atoms with Gasteiger partial charge in [-0.3, -0.25) is 0 Å². The van der Waals surface area contributed by atoms with E-state index in [2.05, 4.69) is 5.32 Å². The molecule has 18 heavy (non-hydrogen) atoms. The number of hydrogen-bond donors (Lipinski definition) is 1. The van der Waals surface area contributed by atoms with Crippen LogP contribution < -0.4 is 10.1 Å². The maximum Gasteiger partial charge on any atom is 0.145 e. The lowest BCUT2D eigenvalue weighted by atomic mass is 10.2. The molecule has 1 aliphatic rings. The van der Waals surface area contributed by atoms with Crippen LogP contribution in [0.1, 0.15) is 32.1 Å². The smallest absolute Gasteiger partial charge is 0.145 e. The summed E-state index contributed by atoms with van der Waals surface area (Å²) >= 11 is 5.59. The molecule has 1 saturated carbocycles. The Morgan fingerprint density at radius 3 is 2.83 bits per heavy atom. The van der Waals surface area contributed by atoms with E-state index < -0.39 is 5.82 Å². The summed E-state index contributed by atoms with van der Waals surface area (Å²) in [6.45, 7) is 1.73. The summed E-state index contributed by atoms with van der Waals surface area (Å²) < 4.78 is 18.6. The van der Waals surface area contributed by atoms with Crippen molar-refractivity contribution in [2.24, 2.45) is 0 Å². The zero-order chi connectivity index (χ0) is 12.8. The van der Waals surface area contributed by atoms with Crippen LogP contribution in [0.25, 0.3) is 0 Å². The van der Waals surface area contributed by atoms with E-state index in [1.165, 1.54) is 31.4 Å². The van der Waals surface area contributed by atoms with Crippen molar-refractivity contribution in [2.45, 2.75) is 38.1 Å². The molecule has 0 radical (unpaired) electrons. The van der Waals surface area contributed by atoms with Crippen LogP contribution in [0.15, 0.2) is 18.2 Å². The first-order valence-electron chi connectivity index (χ1n) is 6.57. The van der Waals surface area contributed by atoms with Crippen molar-refractivity contribution in [1.82, 2.24) is 5.32 Å². The van der Waals surface area contributed by atoms with E-state index in [0.29, 0.717) is 12.4 Å². The Morgan fingerprint density at radius 2 is 2.11 bits per heavy atom. The van der Waals surface area contributed by atoms with Crippen LogP contribution in [0, 0.1) is 5.82 Å². The van der Waals surface area contributed by atoms with Crippen molar-refractivity contribution >= 4 is 11.6 Å². The zero-order valence-electron chi connectivity index (χ0n) is 10.4. The molecular formula is C14H19ClFNO. The van der Waals surface area contributed by atoms with Crippen LogP contribution in [0.4, 0.5) is 4.39 Å². The fraction of sp³-hybridized carbons (Fsp3) is 0.571. The van der Waals surface area contributed by atoms with Gasteiger partial charge in [0.15, 0.2) is 0 Å². The molecular weight excluding hydrogens is 253 g/mol. The number of nitrogens with one attached hydrogen (secondary N) is 1. The van der Waals surface area contributed by atoms with Gasteiger partial charge in [0, 0.05) is 12.1 Å². The first-order chi connectivity index (χ1) is 8.75. The fourth-order valence-corrected chi connectivity index (χ4v) is 1.87. The summed E-state index contributed by atoms with van der Waals surface area (Å²) in [4.78, 5) is 0. The van der Waals surface area contributed by atoms with Crippen LogP contribution in [-0.2, 0) is 0 Å². The lowest BCUT2D eigenvalue weighted by Gasteiger charge is -2.07. The van der Waals surface area contributed by atoms with Gasteiger partial charge in [-0.25, -0.2) is 4.39 Å². The second-order valence-corrected chi connectivity index (χ2v) is 5.12. The lowest BCUT2D eigenvalue weighted by Crippen LogP contribution is -2.17. The maximum atomic E-state index is 13.1. The molecule has 1 N–H and O–H groups in total. The molecule has 0 atom stereocenters. The van der Waals surface area contributed by atoms with Crippen LogP contribution in [0.5, 0.6) is 5.75 Å². The minimum Gasteiger partial charge on any atom is -0.493 e. The number of hydrogen-bond acceptors (Lipinski definition) is 2. The molecule has 0 bridgehead atoms. The van der Waals surface area contributed by atoms with E-state index >= 15 is 0 Å². The lowest BCUT2D eigenvalue weighted by molar-refractivity contribution is 0.303. The quantitative estimate of drug-likeness (QED) is 0.727. The molecule has 0 unspecified atom stereocenters. The topological polar surface area (TPSA) is 21.3 Å². The van der Waals surface area contributed by atoms with Crippen molar-refractivity contribution in [1.29, 1.82) is 0 Å². The number of ether oxygens (including phenoxy) is 1. The summed E-state index contributed by atoms with van der Waals surface area (Å²) in [6, 6.07) is 5.33. The Hall–Kier alpha value is -0.800. The van der Waals surface area contributed by atoms with E-state index in [-0.39, 0.29) is 5.02 Å². The van der Waals surface area contributed by atoms with Crippen molar-refractivity contribution in [2.75, 3.05) is 13.2 Å². The van der Waals surface area contributed by atoms with Crippen LogP contribution in [0.2, 0.25) is 5.02 Å². The molecule has 0 saturated heterocycles. The Morgan fingerprint density at radius 1 is 1.28 bits per heavy atom. The minimum absolute atomic E-state index is 0.133. The molecule has 0 spiro atoms. The van der Waals surface area contributed by atoms with E-state index in [0.717, 1.165) is 25.4 Å². The van der Waals surface area contributed by atoms with Crippen LogP contribution in [0.3, 0.4) is 0 Å². The van der Waals surface area contributed by atoms with Gasteiger partial charge < -0.3 is 10.1 Å². The van der Waals surface area contributed by atoms with Crippen molar-refractivity contribution in [3.63, 3.8) is 0 Å². The van der Waals surface area contributed by atoms with Gasteiger partial charge >= 0.3 is 0 Å². The predicted molar refractivity (Wildman–Crippen MR) is 71.8 cm³/mol. The van der Waals surface area contributed by atoms with Gasteiger partial charge in [0.25, 0.3) is 0 Å². The van der Waals surface area contributed by atoms with Crippen LogP contribution >= 0.6 is 11.6 Å². The van der Waals surface area contributed by atoms with Crippen molar-refractivity contribution < 1.29 is 9.13 Å². The molecule has 1 aromatic carbocycles. The molecule has 4 heteroatoms. The first kappa shape index (κ1) is 13.6. The molecule has 0 aromatic heterocycles. The van der Waals surface area contributed by atoms with Gasteiger partial charge in [0.1, 0.15) is 11.6 Å². The average molecular weight is 272 g/mol. The molecule has 2 rings (SSSR count). The maximum absolute atomic E-state index is 13.1. The normalized spacial score (nSPS) is 14.8. The van der Waals surface area contributed by atoms with Gasteiger partial charge in [-0.2, -0.15) is 0 Å². The SMILES string of the molecule is Fc1cc(OCCCCCNC2CC2)ccc1Cl. The third kappa shape index (κ3) is 4.83. The van der Waals surface area contributed by atoms with E-state index in [1.807, 2.05) is 0 Å². The number of halogens is 2. The standard InChI is InChI=1S/C14H19ClFNO/c15-13-7-6-12(10-14(13)16)18-9-3-1-2-8-17-11-4-5-11/h6-7,10-11,17H,1-5,8-9H2. The molecule has 2 nitrogen and oxygen atoms in total. The summed E-state index contributed by atoms with van der Waals surface area (Å²) in [5, 5.41) is 3.61. The van der Waals surface area contributed by atoms with E-state index in [9.17, 15) is 4.39 Å². The molecule has 1 fully saturated rings. The second-order valence-electron chi connectivity index (χ2n) is 4.71. The van der Waals surface area contributed by atoms with Gasteiger partial charge in [-0.1, -0.05) is 11.6 Å². The number of rotatable bonds is 8. The molecule has 0 heterocycles. The zero-order valence-corrected chi connectivity index (χ0v) is 11.2. The van der Waals surface area contributed by atoms with E-state index in [4.69, 9.17) is 16.3 Å². The molecule has 1 aliphatic carbocycles. The van der Waals surface area contributed by atoms with E-state index in [1.54, 1.807) is 6.07 Å². The first-order valence-corrected chi connectivity index (χ1v) is 6.95. The Balaban J connectivity index is 1.52. The van der Waals surface area contributed by atoms with Crippen molar-refractivity contribution in [3.8, 4) is 5.75 Å². The monoisotopic (exact) mass is 271 g/mol. The minimum atomic E-state index is -0.428. The summed E-state index contributed by atoms with van der Waals surface area (Å²) in [5.74, 6) is 0.121. The summed E-state index contributed by atoms with van der Waals surface area (Å²) in [6.07, 6.45) is 5.98. The highest BCUT2D eigenvalue weighted by atomic mass is 35.5. The number of benzene rings is 1. The highest BCUT2D eigenvalue weighted by Gasteiger charge is 2.19. The average Bonchev–Trinajstić information content (AvgIpc) is 3.16. The molecule has 0 aliphatic heterocycles. The number of unbranched alkanes of at least 4 members (excludes halogenated alkanes) is 2. The van der Waals surface area contributed by atoms with Crippen molar-refractivity contribution in [3.05, 3.63) is 29.0 Å². The van der Waals surface area contributed by atoms with Gasteiger partial charge in [-0.15, -0.1) is 0 Å². The Labute approximate surface area is 112 Å². The third-order valence-electron chi connectivity index (χ3n) is 2.99. The highest BCUT2D eigenvalue weighted by molar-refractivity contribution is 6.30.